The van der Waals surface area contributed by atoms with Crippen LogP contribution in [-0.2, 0) is 0 Å². The van der Waals surface area contributed by atoms with Crippen molar-refractivity contribution in [2.75, 3.05) is 0 Å². The van der Waals surface area contributed by atoms with Gasteiger partial charge in [0.05, 0.1) is 39.0 Å². The lowest BCUT2D eigenvalue weighted by atomic mass is 9.94. The number of benzene rings is 10. The maximum Gasteiger partial charge on any atom is 0.238 e. The van der Waals surface area contributed by atoms with E-state index in [4.69, 9.17) is 15.0 Å². The summed E-state index contributed by atoms with van der Waals surface area (Å²) in [4.78, 5) is 17.0. The van der Waals surface area contributed by atoms with Gasteiger partial charge >= 0.3 is 0 Å². The Bertz CT molecular complexity index is 4390. The fraction of sp³-hybridized carbons (Fsp3) is 0.0156. The van der Waals surface area contributed by atoms with E-state index in [1.807, 2.05) is 0 Å². The van der Waals surface area contributed by atoms with Gasteiger partial charge < -0.3 is 9.13 Å². The normalized spacial score (nSPS) is 13.3. The Hall–Kier alpha value is -9.39. The van der Waals surface area contributed by atoms with Crippen molar-refractivity contribution in [2.24, 2.45) is 0 Å². The summed E-state index contributed by atoms with van der Waals surface area (Å²) in [6.45, 7) is 0. The highest BCUT2D eigenvalue weighted by atomic mass is 15.2. The molecule has 6 heteroatoms. The topological polar surface area (TPSA) is 53.5 Å². The van der Waals surface area contributed by atoms with E-state index in [0.717, 1.165) is 77.3 Å². The van der Waals surface area contributed by atoms with E-state index in [-0.39, 0.29) is 5.92 Å². The quantitative estimate of drug-likeness (QED) is 0.167. The summed E-state index contributed by atoms with van der Waals surface area (Å²) in [6, 6.07) is 84.8. The Morgan fingerprint density at radius 1 is 0.300 bits per heavy atom. The van der Waals surface area contributed by atoms with Gasteiger partial charge in [-0.25, -0.2) is 4.98 Å². The maximum atomic E-state index is 5.80. The zero-order valence-corrected chi connectivity index (χ0v) is 37.8. The van der Waals surface area contributed by atoms with Crippen molar-refractivity contribution in [3.05, 3.63) is 254 Å². The molecule has 1 aliphatic rings. The lowest BCUT2D eigenvalue weighted by Gasteiger charge is -2.18. The number of hydrogen-bond acceptors (Lipinski definition) is 3. The van der Waals surface area contributed by atoms with Crippen LogP contribution in [0.3, 0.4) is 0 Å². The summed E-state index contributed by atoms with van der Waals surface area (Å²) in [6.07, 6.45) is 0. The second-order valence-electron chi connectivity index (χ2n) is 18.3. The summed E-state index contributed by atoms with van der Waals surface area (Å²) >= 11 is 0. The van der Waals surface area contributed by atoms with Crippen molar-refractivity contribution in [3.8, 4) is 51.0 Å². The van der Waals surface area contributed by atoms with Crippen LogP contribution in [0, 0.1) is 0 Å². The molecule has 15 rings (SSSR count). The van der Waals surface area contributed by atoms with E-state index in [2.05, 4.69) is 250 Å². The number of hydrogen-bond donors (Lipinski definition) is 0. The highest BCUT2D eigenvalue weighted by molar-refractivity contribution is 6.23. The monoisotopic (exact) mass is 892 g/mol. The highest BCUT2D eigenvalue weighted by Gasteiger charge is 2.37. The van der Waals surface area contributed by atoms with Crippen LogP contribution in [0.5, 0.6) is 0 Å². The van der Waals surface area contributed by atoms with Crippen molar-refractivity contribution < 1.29 is 0 Å². The molecule has 326 valence electrons. The number of para-hydroxylation sites is 5. The molecular formula is C64H40N6. The number of fused-ring (bicyclic) bond motifs is 14. The molecule has 14 aromatic rings. The molecule has 0 saturated carbocycles. The molecule has 0 bridgehead atoms. The van der Waals surface area contributed by atoms with Gasteiger partial charge in [0.15, 0.2) is 5.82 Å². The smallest absolute Gasteiger partial charge is 0.238 e. The molecule has 0 saturated heterocycles. The second-order valence-corrected chi connectivity index (χ2v) is 18.3. The van der Waals surface area contributed by atoms with Crippen LogP contribution in [0.4, 0.5) is 0 Å². The molecule has 10 aromatic carbocycles. The van der Waals surface area contributed by atoms with Crippen molar-refractivity contribution in [3.63, 3.8) is 0 Å². The molecule has 4 heterocycles. The first kappa shape index (κ1) is 38.7. The first-order valence-electron chi connectivity index (χ1n) is 23.9. The largest absolute Gasteiger partial charge is 0.309 e. The Labute approximate surface area is 402 Å². The molecule has 1 atom stereocenters. The van der Waals surface area contributed by atoms with E-state index >= 15 is 0 Å². The molecule has 1 aliphatic carbocycles. The van der Waals surface area contributed by atoms with Crippen LogP contribution < -0.4 is 0 Å². The summed E-state index contributed by atoms with van der Waals surface area (Å²) in [5.41, 5.74) is 16.8. The third-order valence-electron chi connectivity index (χ3n) is 14.6. The highest BCUT2D eigenvalue weighted by Crippen LogP contribution is 2.52. The second kappa shape index (κ2) is 15.1. The average molecular weight is 893 g/mol. The SMILES string of the molecule is c1ccc(-c2ccc(-c3nc(C4c5ccccc5-c5ccc6c7ccccc7n(-c7ccccc7)c6c54)nc(-n4c5ccccc5c5ccc6c7ccccc7n(-c7ccccc7)c6c54)n3)cc2)cc1. The molecule has 0 fully saturated rings. The van der Waals surface area contributed by atoms with E-state index in [1.165, 1.54) is 38.4 Å². The standard InChI is InChI=1S/C64H40N6/c1-4-18-40(19-5-1)41-32-34-42(35-33-41)62-65-63(58-49-28-11-10-24-45(49)50-36-37-51-46-25-12-15-29-54(46)68(59(51)57(50)58)43-20-6-2-7-21-43)67-64(66-62)70-56-31-17-14-27-48(56)53-39-38-52-47-26-13-16-30-55(47)69(60(52)61(53)70)44-22-8-3-9-23-44/h1-39,58H. The van der Waals surface area contributed by atoms with Gasteiger partial charge in [0.2, 0.25) is 5.95 Å². The van der Waals surface area contributed by atoms with Gasteiger partial charge in [-0.3, -0.25) is 4.57 Å². The van der Waals surface area contributed by atoms with Crippen LogP contribution in [0.2, 0.25) is 0 Å². The van der Waals surface area contributed by atoms with Crippen LogP contribution in [0.25, 0.3) is 116 Å². The molecule has 0 N–H and O–H groups in total. The Kier molecular flexibility index (Phi) is 8.32. The summed E-state index contributed by atoms with van der Waals surface area (Å²) in [5.74, 6) is 1.55. The minimum Gasteiger partial charge on any atom is -0.309 e. The van der Waals surface area contributed by atoms with Crippen molar-refractivity contribution in [2.45, 2.75) is 5.92 Å². The predicted molar refractivity (Wildman–Crippen MR) is 287 cm³/mol. The van der Waals surface area contributed by atoms with E-state index in [0.29, 0.717) is 17.6 Å². The molecule has 4 aromatic heterocycles. The van der Waals surface area contributed by atoms with Crippen LogP contribution in [0.1, 0.15) is 22.9 Å². The maximum absolute atomic E-state index is 5.80. The first-order valence-corrected chi connectivity index (χ1v) is 23.9. The molecule has 0 amide bonds. The van der Waals surface area contributed by atoms with Gasteiger partial charge in [-0.15, -0.1) is 0 Å². The molecule has 0 aliphatic heterocycles. The zero-order valence-electron chi connectivity index (χ0n) is 37.8. The van der Waals surface area contributed by atoms with Crippen molar-refractivity contribution in [1.82, 2.24) is 28.7 Å². The van der Waals surface area contributed by atoms with Gasteiger partial charge in [-0.2, -0.15) is 9.97 Å². The summed E-state index contributed by atoms with van der Waals surface area (Å²) < 4.78 is 7.16. The number of rotatable bonds is 6. The zero-order chi connectivity index (χ0) is 45.9. The van der Waals surface area contributed by atoms with Crippen LogP contribution in [0.15, 0.2) is 237 Å². The van der Waals surface area contributed by atoms with Crippen molar-refractivity contribution >= 4 is 65.4 Å². The fourth-order valence-corrected chi connectivity index (χ4v) is 11.6. The fourth-order valence-electron chi connectivity index (χ4n) is 11.6. The third-order valence-corrected chi connectivity index (χ3v) is 14.6. The van der Waals surface area contributed by atoms with Gasteiger partial charge in [-0.05, 0) is 75.8 Å². The average Bonchev–Trinajstić information content (AvgIpc) is 4.17. The summed E-state index contributed by atoms with van der Waals surface area (Å²) in [7, 11) is 0. The number of aromatic nitrogens is 6. The van der Waals surface area contributed by atoms with Gasteiger partial charge in [0, 0.05) is 49.3 Å². The predicted octanol–water partition coefficient (Wildman–Crippen LogP) is 15.7. The molecule has 70 heavy (non-hydrogen) atoms. The van der Waals surface area contributed by atoms with Crippen molar-refractivity contribution in [1.29, 1.82) is 0 Å². The lowest BCUT2D eigenvalue weighted by molar-refractivity contribution is 0.824. The molecule has 0 radical (unpaired) electrons. The van der Waals surface area contributed by atoms with E-state index in [1.54, 1.807) is 0 Å². The number of nitrogens with zero attached hydrogens (tertiary/aromatic N) is 6. The molecule has 0 spiro atoms. The van der Waals surface area contributed by atoms with E-state index < -0.39 is 0 Å². The summed E-state index contributed by atoms with van der Waals surface area (Å²) in [5, 5.41) is 7.01. The van der Waals surface area contributed by atoms with Gasteiger partial charge in [0.1, 0.15) is 5.82 Å². The minimum absolute atomic E-state index is 0.324. The van der Waals surface area contributed by atoms with E-state index in [9.17, 15) is 0 Å². The van der Waals surface area contributed by atoms with Crippen LogP contribution >= 0.6 is 0 Å². The first-order chi connectivity index (χ1) is 34.8. The lowest BCUT2D eigenvalue weighted by Crippen LogP contribution is -2.13. The van der Waals surface area contributed by atoms with Gasteiger partial charge in [0.25, 0.3) is 0 Å². The Balaban J connectivity index is 1.07. The molecular weight excluding hydrogens is 853 g/mol. The van der Waals surface area contributed by atoms with Gasteiger partial charge in [-0.1, -0.05) is 194 Å². The Morgan fingerprint density at radius 2 is 0.757 bits per heavy atom. The third kappa shape index (κ3) is 5.59. The Morgan fingerprint density at radius 3 is 1.39 bits per heavy atom. The molecule has 6 nitrogen and oxygen atoms in total. The molecule has 1 unspecified atom stereocenters. The minimum atomic E-state index is -0.324. The van der Waals surface area contributed by atoms with Crippen LogP contribution in [-0.4, -0.2) is 28.7 Å².